The number of aromatic amines is 1. The molecule has 0 saturated carbocycles. The predicted molar refractivity (Wildman–Crippen MR) is 137 cm³/mol. The molecule has 0 aliphatic rings. The van der Waals surface area contributed by atoms with Gasteiger partial charge in [0.05, 0.1) is 26.5 Å². The van der Waals surface area contributed by atoms with Crippen molar-refractivity contribution in [1.82, 2.24) is 9.88 Å². The first-order chi connectivity index (χ1) is 16.0. The van der Waals surface area contributed by atoms with Crippen molar-refractivity contribution in [3.8, 4) is 11.5 Å². The van der Waals surface area contributed by atoms with Crippen molar-refractivity contribution >= 4 is 45.3 Å². The number of halogens is 1. The Balaban J connectivity index is 1.58. The van der Waals surface area contributed by atoms with Crippen LogP contribution in [0.3, 0.4) is 0 Å². The minimum atomic E-state index is -0.236. The molecule has 0 saturated heterocycles. The summed E-state index contributed by atoms with van der Waals surface area (Å²) in [6.07, 6.45) is 0.720. The number of ether oxygens (including phenoxy) is 2. The lowest BCUT2D eigenvalue weighted by Crippen LogP contribution is -2.35. The number of rotatable bonds is 8. The first kappa shape index (κ1) is 23.1. The molecule has 0 aliphatic carbocycles. The van der Waals surface area contributed by atoms with Gasteiger partial charge in [0.2, 0.25) is 0 Å². The maximum Gasteiger partial charge on any atom is 0.173 e. The van der Waals surface area contributed by atoms with E-state index in [9.17, 15) is 4.39 Å². The van der Waals surface area contributed by atoms with Crippen LogP contribution in [0.2, 0.25) is 0 Å². The van der Waals surface area contributed by atoms with E-state index in [-0.39, 0.29) is 5.82 Å². The highest BCUT2D eigenvalue weighted by molar-refractivity contribution is 7.80. The zero-order valence-electron chi connectivity index (χ0n) is 18.8. The summed E-state index contributed by atoms with van der Waals surface area (Å²) in [6, 6.07) is 14.5. The van der Waals surface area contributed by atoms with Crippen LogP contribution in [-0.4, -0.2) is 35.8 Å². The summed E-state index contributed by atoms with van der Waals surface area (Å²) in [6.45, 7) is 3.36. The van der Waals surface area contributed by atoms with Crippen LogP contribution in [0.5, 0.6) is 11.5 Å². The van der Waals surface area contributed by atoms with Crippen molar-refractivity contribution in [2.24, 2.45) is 0 Å². The van der Waals surface area contributed by atoms with E-state index in [1.165, 1.54) is 10.9 Å². The van der Waals surface area contributed by atoms with Crippen molar-refractivity contribution in [3.63, 3.8) is 0 Å². The SMILES string of the molecule is COc1ccc(OC)c(NC(=S)N(CCc2c(C)[nH]c3ccc(F)cc23)Cc2cccs2)c1. The second-order valence-electron chi connectivity index (χ2n) is 7.67. The molecule has 172 valence electrons. The Morgan fingerprint density at radius 3 is 2.73 bits per heavy atom. The van der Waals surface area contributed by atoms with Crippen LogP contribution in [0.1, 0.15) is 16.1 Å². The summed E-state index contributed by atoms with van der Waals surface area (Å²) in [4.78, 5) is 6.69. The van der Waals surface area contributed by atoms with Gasteiger partial charge in [-0.2, -0.15) is 0 Å². The van der Waals surface area contributed by atoms with Gasteiger partial charge in [0.1, 0.15) is 17.3 Å². The summed E-state index contributed by atoms with van der Waals surface area (Å²) >= 11 is 7.51. The normalized spacial score (nSPS) is 10.9. The molecule has 2 aromatic heterocycles. The Kier molecular flexibility index (Phi) is 7.15. The maximum absolute atomic E-state index is 13.9. The summed E-state index contributed by atoms with van der Waals surface area (Å²) < 4.78 is 24.8. The Labute approximate surface area is 202 Å². The molecule has 0 aliphatic heterocycles. The van der Waals surface area contributed by atoms with E-state index in [1.807, 2.05) is 31.2 Å². The molecule has 0 bridgehead atoms. The van der Waals surface area contributed by atoms with Crippen molar-refractivity contribution in [2.75, 3.05) is 26.1 Å². The molecule has 0 radical (unpaired) electrons. The standard InChI is InChI=1S/C25H26FN3O2S2/c1-16-20(21-13-17(26)6-8-22(21)27-16)10-11-29(15-19-5-4-12-33-19)25(32)28-23-14-18(30-2)7-9-24(23)31-3/h4-9,12-14,27H,10-11,15H2,1-3H3,(H,28,32). The van der Waals surface area contributed by atoms with Crippen molar-refractivity contribution in [1.29, 1.82) is 0 Å². The third-order valence-corrected chi connectivity index (χ3v) is 6.80. The molecule has 2 heterocycles. The lowest BCUT2D eigenvalue weighted by molar-refractivity contribution is 0.404. The van der Waals surface area contributed by atoms with Crippen LogP contribution in [0.25, 0.3) is 10.9 Å². The van der Waals surface area contributed by atoms with E-state index >= 15 is 0 Å². The number of benzene rings is 2. The third-order valence-electron chi connectivity index (χ3n) is 5.58. The number of hydrogen-bond acceptors (Lipinski definition) is 4. The summed E-state index contributed by atoms with van der Waals surface area (Å²) in [5, 5.41) is 6.88. The van der Waals surface area contributed by atoms with E-state index < -0.39 is 0 Å². The zero-order chi connectivity index (χ0) is 23.4. The van der Waals surface area contributed by atoms with Gasteiger partial charge in [-0.3, -0.25) is 0 Å². The first-order valence-corrected chi connectivity index (χ1v) is 11.8. The van der Waals surface area contributed by atoms with Gasteiger partial charge < -0.3 is 24.7 Å². The number of hydrogen-bond donors (Lipinski definition) is 2. The molecule has 33 heavy (non-hydrogen) atoms. The number of aromatic nitrogens is 1. The highest BCUT2D eigenvalue weighted by Gasteiger charge is 2.17. The molecule has 0 atom stereocenters. The maximum atomic E-state index is 13.9. The number of H-pyrrole nitrogens is 1. The van der Waals surface area contributed by atoms with Gasteiger partial charge in [-0.05, 0) is 72.9 Å². The van der Waals surface area contributed by atoms with Gasteiger partial charge in [-0.1, -0.05) is 6.07 Å². The Morgan fingerprint density at radius 2 is 2.00 bits per heavy atom. The van der Waals surface area contributed by atoms with Crippen LogP contribution in [0.15, 0.2) is 53.9 Å². The van der Waals surface area contributed by atoms with Crippen LogP contribution < -0.4 is 14.8 Å². The largest absolute Gasteiger partial charge is 0.497 e. The number of nitrogens with zero attached hydrogens (tertiary/aromatic N) is 1. The molecule has 2 aromatic carbocycles. The van der Waals surface area contributed by atoms with E-state index in [0.29, 0.717) is 29.7 Å². The minimum Gasteiger partial charge on any atom is -0.497 e. The van der Waals surface area contributed by atoms with Crippen LogP contribution >= 0.6 is 23.6 Å². The average molecular weight is 484 g/mol. The lowest BCUT2D eigenvalue weighted by Gasteiger charge is -2.26. The summed E-state index contributed by atoms with van der Waals surface area (Å²) in [7, 11) is 3.25. The van der Waals surface area contributed by atoms with Gasteiger partial charge in [0.25, 0.3) is 0 Å². The smallest absolute Gasteiger partial charge is 0.173 e. The predicted octanol–water partition coefficient (Wildman–Crippen LogP) is 6.14. The topological polar surface area (TPSA) is 49.5 Å². The molecule has 4 aromatic rings. The van der Waals surface area contributed by atoms with Crippen LogP contribution in [0, 0.1) is 12.7 Å². The molecule has 4 rings (SSSR count). The minimum absolute atomic E-state index is 0.236. The van der Waals surface area contributed by atoms with Gasteiger partial charge in [0, 0.05) is 34.1 Å². The second-order valence-corrected chi connectivity index (χ2v) is 9.08. The van der Waals surface area contributed by atoms with Gasteiger partial charge in [-0.15, -0.1) is 11.3 Å². The highest BCUT2D eigenvalue weighted by Crippen LogP contribution is 2.30. The number of aryl methyl sites for hydroxylation is 1. The monoisotopic (exact) mass is 483 g/mol. The molecular formula is C25H26FN3O2S2. The van der Waals surface area contributed by atoms with Crippen molar-refractivity contribution in [2.45, 2.75) is 19.9 Å². The molecule has 2 N–H and O–H groups in total. The van der Waals surface area contributed by atoms with E-state index in [1.54, 1.807) is 37.7 Å². The Hall–Kier alpha value is -3.10. The number of nitrogens with one attached hydrogen (secondary N) is 2. The van der Waals surface area contributed by atoms with Crippen molar-refractivity contribution in [3.05, 3.63) is 75.9 Å². The highest BCUT2D eigenvalue weighted by atomic mass is 32.1. The molecule has 8 heteroatoms. The van der Waals surface area contributed by atoms with Crippen LogP contribution in [0.4, 0.5) is 10.1 Å². The lowest BCUT2D eigenvalue weighted by atomic mass is 10.1. The van der Waals surface area contributed by atoms with E-state index in [0.717, 1.165) is 34.3 Å². The molecule has 0 fully saturated rings. The second kappa shape index (κ2) is 10.2. The average Bonchev–Trinajstić information content (AvgIpc) is 3.43. The molecule has 0 spiro atoms. The first-order valence-electron chi connectivity index (χ1n) is 10.6. The molecule has 0 unspecified atom stereocenters. The molecule has 0 amide bonds. The fourth-order valence-corrected chi connectivity index (χ4v) is 4.86. The Morgan fingerprint density at radius 1 is 1.15 bits per heavy atom. The number of anilines is 1. The number of methoxy groups -OCH3 is 2. The fraction of sp³-hybridized carbons (Fsp3) is 0.240. The molecule has 5 nitrogen and oxygen atoms in total. The fourth-order valence-electron chi connectivity index (χ4n) is 3.87. The van der Waals surface area contributed by atoms with Gasteiger partial charge in [0.15, 0.2) is 5.11 Å². The zero-order valence-corrected chi connectivity index (χ0v) is 20.4. The third kappa shape index (κ3) is 5.29. The van der Waals surface area contributed by atoms with Crippen molar-refractivity contribution < 1.29 is 13.9 Å². The van der Waals surface area contributed by atoms with Gasteiger partial charge in [-0.25, -0.2) is 4.39 Å². The molecular weight excluding hydrogens is 457 g/mol. The Bertz CT molecular complexity index is 1250. The summed E-state index contributed by atoms with van der Waals surface area (Å²) in [5.41, 5.74) is 3.82. The summed E-state index contributed by atoms with van der Waals surface area (Å²) in [5.74, 6) is 1.15. The van der Waals surface area contributed by atoms with Gasteiger partial charge >= 0.3 is 0 Å². The quantitative estimate of drug-likeness (QED) is 0.295. The number of thiophene rings is 1. The van der Waals surface area contributed by atoms with E-state index in [2.05, 4.69) is 26.6 Å². The van der Waals surface area contributed by atoms with E-state index in [4.69, 9.17) is 21.7 Å². The number of thiocarbonyl (C=S) groups is 1. The number of fused-ring (bicyclic) bond motifs is 1. The van der Waals surface area contributed by atoms with Crippen LogP contribution in [-0.2, 0) is 13.0 Å².